The summed E-state index contributed by atoms with van der Waals surface area (Å²) < 4.78 is 0. The molecule has 1 aromatic heterocycles. The third-order valence-electron chi connectivity index (χ3n) is 1.98. The largest absolute Gasteiger partial charge is 0.334 e. The zero-order chi connectivity index (χ0) is 12.1. The minimum atomic E-state index is -0.521. The average Bonchev–Trinajstić information content (AvgIpc) is 2.36. The number of H-pyrrole nitrogens is 1. The van der Waals surface area contributed by atoms with Crippen molar-refractivity contribution in [1.29, 1.82) is 0 Å². The van der Waals surface area contributed by atoms with Gasteiger partial charge in [0.25, 0.3) is 5.56 Å². The Hall–Kier alpha value is -1.85. The lowest BCUT2D eigenvalue weighted by Gasteiger charge is -2.05. The highest BCUT2D eigenvalue weighted by Gasteiger charge is 2.07. The molecule has 0 saturated heterocycles. The predicted octanol–water partition coefficient (Wildman–Crippen LogP) is 1.93. The molecule has 2 aromatic rings. The van der Waals surface area contributed by atoms with Crippen molar-refractivity contribution in [3.05, 3.63) is 57.5 Å². The van der Waals surface area contributed by atoms with Gasteiger partial charge >= 0.3 is 0 Å². The smallest absolute Gasteiger partial charge is 0.286 e. The molecule has 0 atom stereocenters. The lowest BCUT2D eigenvalue weighted by molar-refractivity contribution is -0.217. The van der Waals surface area contributed by atoms with Crippen LogP contribution in [0.15, 0.2) is 41.3 Å². The fourth-order valence-corrected chi connectivity index (χ4v) is 1.28. The van der Waals surface area contributed by atoms with E-state index in [-0.39, 0.29) is 17.4 Å². The van der Waals surface area contributed by atoms with Crippen LogP contribution in [-0.4, -0.2) is 10.2 Å². The Bertz CT molecular complexity index is 542. The molecule has 0 saturated carbocycles. The van der Waals surface area contributed by atoms with Gasteiger partial charge in [0.2, 0.25) is 5.75 Å². The van der Waals surface area contributed by atoms with Crippen molar-refractivity contribution in [1.82, 2.24) is 10.2 Å². The third kappa shape index (κ3) is 3.05. The SMILES string of the molecule is O=c1[nH]ncc(OOCc2ccccc2)c1Cl. The van der Waals surface area contributed by atoms with Crippen LogP contribution < -0.4 is 10.4 Å². The van der Waals surface area contributed by atoms with E-state index in [0.717, 1.165) is 5.56 Å². The molecule has 0 aliphatic carbocycles. The normalized spacial score (nSPS) is 10.2. The van der Waals surface area contributed by atoms with Crippen molar-refractivity contribution in [2.45, 2.75) is 6.61 Å². The van der Waals surface area contributed by atoms with Gasteiger partial charge < -0.3 is 4.89 Å². The van der Waals surface area contributed by atoms with Crippen LogP contribution in [0.4, 0.5) is 0 Å². The minimum Gasteiger partial charge on any atom is -0.334 e. The number of rotatable bonds is 4. The van der Waals surface area contributed by atoms with Gasteiger partial charge in [-0.2, -0.15) is 9.99 Å². The van der Waals surface area contributed by atoms with Gasteiger partial charge in [0.1, 0.15) is 6.61 Å². The van der Waals surface area contributed by atoms with Crippen LogP contribution in [0.3, 0.4) is 0 Å². The van der Waals surface area contributed by atoms with E-state index in [1.54, 1.807) is 0 Å². The maximum atomic E-state index is 11.1. The summed E-state index contributed by atoms with van der Waals surface area (Å²) in [4.78, 5) is 21.0. The molecule has 1 N–H and O–H groups in total. The molecule has 0 bridgehead atoms. The summed E-state index contributed by atoms with van der Waals surface area (Å²) in [7, 11) is 0. The minimum absolute atomic E-state index is 0.0892. The van der Waals surface area contributed by atoms with E-state index in [2.05, 4.69) is 10.2 Å². The first-order valence-electron chi connectivity index (χ1n) is 4.84. The van der Waals surface area contributed by atoms with E-state index in [1.807, 2.05) is 30.3 Å². The molecule has 0 aliphatic rings. The van der Waals surface area contributed by atoms with Crippen LogP contribution in [0.1, 0.15) is 5.56 Å². The number of nitrogens with one attached hydrogen (secondary N) is 1. The number of hydrogen-bond donors (Lipinski definition) is 1. The summed E-state index contributed by atoms with van der Waals surface area (Å²) in [6.07, 6.45) is 1.27. The van der Waals surface area contributed by atoms with Crippen molar-refractivity contribution in [2.75, 3.05) is 0 Å². The van der Waals surface area contributed by atoms with Crippen LogP contribution in [0.2, 0.25) is 5.02 Å². The lowest BCUT2D eigenvalue weighted by Crippen LogP contribution is -2.10. The molecule has 6 heteroatoms. The molecule has 17 heavy (non-hydrogen) atoms. The molecule has 1 heterocycles. The van der Waals surface area contributed by atoms with Crippen molar-refractivity contribution < 1.29 is 9.78 Å². The number of halogens is 1. The monoisotopic (exact) mass is 252 g/mol. The van der Waals surface area contributed by atoms with Gasteiger partial charge in [-0.25, -0.2) is 5.10 Å². The molecule has 0 fully saturated rings. The molecule has 0 unspecified atom stereocenters. The van der Waals surface area contributed by atoms with Gasteiger partial charge in [-0.05, 0) is 5.56 Å². The van der Waals surface area contributed by atoms with Gasteiger partial charge in [0, 0.05) is 0 Å². The number of benzene rings is 1. The highest BCUT2D eigenvalue weighted by molar-refractivity contribution is 6.31. The second kappa shape index (κ2) is 5.47. The van der Waals surface area contributed by atoms with Gasteiger partial charge in [-0.1, -0.05) is 41.9 Å². The third-order valence-corrected chi connectivity index (χ3v) is 2.34. The summed E-state index contributed by atoms with van der Waals surface area (Å²) in [6, 6.07) is 9.46. The zero-order valence-corrected chi connectivity index (χ0v) is 9.48. The fraction of sp³-hybridized carbons (Fsp3) is 0.0909. The maximum absolute atomic E-state index is 11.1. The number of hydrogen-bond acceptors (Lipinski definition) is 4. The summed E-state index contributed by atoms with van der Waals surface area (Å²) in [5.74, 6) is 0.0892. The number of aromatic amines is 1. The fourth-order valence-electron chi connectivity index (χ4n) is 1.16. The molecule has 2 rings (SSSR count). The Morgan fingerprint density at radius 1 is 1.29 bits per heavy atom. The van der Waals surface area contributed by atoms with Crippen molar-refractivity contribution in [3.8, 4) is 5.75 Å². The highest BCUT2D eigenvalue weighted by atomic mass is 35.5. The Labute approximate surface area is 102 Å². The second-order valence-corrected chi connectivity index (χ2v) is 3.59. The topological polar surface area (TPSA) is 64.2 Å². The molecule has 5 nitrogen and oxygen atoms in total. The van der Waals surface area contributed by atoms with Gasteiger partial charge in [0.15, 0.2) is 5.02 Å². The molecule has 0 amide bonds. The van der Waals surface area contributed by atoms with Crippen LogP contribution >= 0.6 is 11.6 Å². The first-order chi connectivity index (χ1) is 8.27. The van der Waals surface area contributed by atoms with Crippen LogP contribution in [-0.2, 0) is 11.5 Å². The van der Waals surface area contributed by atoms with E-state index < -0.39 is 5.56 Å². The number of aromatic nitrogens is 2. The van der Waals surface area contributed by atoms with E-state index >= 15 is 0 Å². The van der Waals surface area contributed by atoms with Crippen molar-refractivity contribution in [2.24, 2.45) is 0 Å². The first-order valence-corrected chi connectivity index (χ1v) is 5.22. The van der Waals surface area contributed by atoms with Crippen molar-refractivity contribution in [3.63, 3.8) is 0 Å². The quantitative estimate of drug-likeness (QED) is 0.667. The zero-order valence-electron chi connectivity index (χ0n) is 8.72. The highest BCUT2D eigenvalue weighted by Crippen LogP contribution is 2.18. The summed E-state index contributed by atoms with van der Waals surface area (Å²) >= 11 is 5.69. The first kappa shape index (κ1) is 11.6. The Kier molecular flexibility index (Phi) is 3.74. The van der Waals surface area contributed by atoms with Gasteiger partial charge in [-0.3, -0.25) is 4.79 Å². The summed E-state index contributed by atoms with van der Waals surface area (Å²) in [5, 5.41) is 5.63. The van der Waals surface area contributed by atoms with E-state index in [9.17, 15) is 4.79 Å². The molecule has 0 radical (unpaired) electrons. The lowest BCUT2D eigenvalue weighted by atomic mass is 10.2. The standard InChI is InChI=1S/C11H9ClN2O3/c12-10-9(6-13-14-11(10)15)17-16-7-8-4-2-1-3-5-8/h1-6H,7H2,(H,14,15). The van der Waals surface area contributed by atoms with Crippen LogP contribution in [0, 0.1) is 0 Å². The van der Waals surface area contributed by atoms with Gasteiger partial charge in [0.05, 0.1) is 6.20 Å². The van der Waals surface area contributed by atoms with E-state index in [1.165, 1.54) is 6.20 Å². The van der Waals surface area contributed by atoms with Gasteiger partial charge in [-0.15, -0.1) is 0 Å². The Morgan fingerprint density at radius 3 is 2.82 bits per heavy atom. The van der Waals surface area contributed by atoms with Crippen molar-refractivity contribution >= 4 is 11.6 Å². The van der Waals surface area contributed by atoms with E-state index in [4.69, 9.17) is 21.4 Å². The average molecular weight is 253 g/mol. The molecule has 88 valence electrons. The molecule has 0 spiro atoms. The number of nitrogens with zero attached hydrogens (tertiary/aromatic N) is 1. The van der Waals surface area contributed by atoms with Crippen LogP contribution in [0.5, 0.6) is 5.75 Å². The summed E-state index contributed by atoms with van der Waals surface area (Å²) in [6.45, 7) is 0.254. The van der Waals surface area contributed by atoms with Crippen LogP contribution in [0.25, 0.3) is 0 Å². The molecule has 1 aromatic carbocycles. The molecular formula is C11H9ClN2O3. The maximum Gasteiger partial charge on any atom is 0.286 e. The summed E-state index contributed by atoms with van der Waals surface area (Å²) in [5.41, 5.74) is 0.425. The van der Waals surface area contributed by atoms with E-state index in [0.29, 0.717) is 0 Å². The molecular weight excluding hydrogens is 244 g/mol. The Balaban J connectivity index is 1.95. The molecule has 0 aliphatic heterocycles. The second-order valence-electron chi connectivity index (χ2n) is 3.21. The Morgan fingerprint density at radius 2 is 2.06 bits per heavy atom. The predicted molar refractivity (Wildman–Crippen MR) is 61.7 cm³/mol.